The topological polar surface area (TPSA) is 15.3 Å². The van der Waals surface area contributed by atoms with Gasteiger partial charge in [0, 0.05) is 11.7 Å². The molecule has 1 N–H and O–H groups in total. The number of nitrogens with one attached hydrogen (secondary N) is 1. The second kappa shape index (κ2) is 5.13. The Morgan fingerprint density at radius 1 is 0.857 bits per heavy atom. The van der Waals surface area contributed by atoms with Crippen molar-refractivity contribution in [2.24, 2.45) is 0 Å². The van der Waals surface area contributed by atoms with E-state index in [0.29, 0.717) is 12.1 Å². The Morgan fingerprint density at radius 3 is 2.52 bits per heavy atom. The fraction of sp³-hybridized carbons (Fsp3) is 0.158. The average molecular weight is 274 g/mol. The van der Waals surface area contributed by atoms with Gasteiger partial charge in [-0.2, -0.15) is 0 Å². The van der Waals surface area contributed by atoms with Gasteiger partial charge in [0.15, 0.2) is 0 Å². The Hall–Kier alpha value is -2.48. The predicted molar refractivity (Wildman–Crippen MR) is 89.1 cm³/mol. The van der Waals surface area contributed by atoms with Gasteiger partial charge in [-0.05, 0) is 30.7 Å². The molecule has 2 atom stereocenters. The third-order valence-electron chi connectivity index (χ3n) is 4.15. The van der Waals surface area contributed by atoms with Gasteiger partial charge in [-0.15, -0.1) is 0 Å². The van der Waals surface area contributed by atoms with E-state index < -0.39 is 0 Å². The molecule has 1 aliphatic heterocycles. The molecule has 2 unspecified atom stereocenters. The lowest BCUT2D eigenvalue weighted by atomic mass is 10.1. The van der Waals surface area contributed by atoms with Crippen LogP contribution < -0.4 is 10.2 Å². The molecule has 21 heavy (non-hydrogen) atoms. The minimum atomic E-state index is 0.364. The summed E-state index contributed by atoms with van der Waals surface area (Å²) in [7, 11) is 0. The Kier molecular flexibility index (Phi) is 3.00. The van der Waals surface area contributed by atoms with Crippen molar-refractivity contribution in [3.63, 3.8) is 0 Å². The van der Waals surface area contributed by atoms with Crippen LogP contribution in [0.3, 0.4) is 0 Å². The Morgan fingerprint density at radius 2 is 1.62 bits per heavy atom. The van der Waals surface area contributed by atoms with Crippen LogP contribution in [0.15, 0.2) is 78.9 Å². The average Bonchev–Trinajstić information content (AvgIpc) is 2.85. The fourth-order valence-electron chi connectivity index (χ4n) is 3.21. The van der Waals surface area contributed by atoms with Crippen molar-refractivity contribution >= 4 is 17.1 Å². The van der Waals surface area contributed by atoms with Crippen molar-refractivity contribution in [1.29, 1.82) is 0 Å². The van der Waals surface area contributed by atoms with Crippen molar-refractivity contribution in [2.75, 3.05) is 10.2 Å². The number of rotatable bonds is 1. The van der Waals surface area contributed by atoms with Crippen LogP contribution in [0.5, 0.6) is 0 Å². The molecule has 2 bridgehead atoms. The monoisotopic (exact) mass is 274 g/mol. The Bertz CT molecular complexity index is 688. The lowest BCUT2D eigenvalue weighted by Crippen LogP contribution is -2.30. The zero-order chi connectivity index (χ0) is 14.1. The van der Waals surface area contributed by atoms with Crippen LogP contribution >= 0.6 is 0 Å². The largest absolute Gasteiger partial charge is 0.377 e. The number of para-hydroxylation sites is 3. The maximum Gasteiger partial charge on any atom is 0.0652 e. The van der Waals surface area contributed by atoms with E-state index in [9.17, 15) is 0 Å². The number of hydrogen-bond acceptors (Lipinski definition) is 2. The molecule has 1 heterocycles. The van der Waals surface area contributed by atoms with Crippen molar-refractivity contribution in [3.8, 4) is 0 Å². The van der Waals surface area contributed by atoms with E-state index in [1.807, 2.05) is 0 Å². The van der Waals surface area contributed by atoms with E-state index in [1.165, 1.54) is 17.1 Å². The smallest absolute Gasteiger partial charge is 0.0652 e. The third-order valence-corrected chi connectivity index (χ3v) is 4.15. The fourth-order valence-corrected chi connectivity index (χ4v) is 3.21. The van der Waals surface area contributed by atoms with E-state index in [0.717, 1.165) is 6.42 Å². The van der Waals surface area contributed by atoms with Crippen molar-refractivity contribution in [2.45, 2.75) is 18.5 Å². The molecular weight excluding hydrogens is 256 g/mol. The van der Waals surface area contributed by atoms with Crippen molar-refractivity contribution in [3.05, 3.63) is 78.9 Å². The highest BCUT2D eigenvalue weighted by atomic mass is 15.2. The molecule has 2 nitrogen and oxygen atoms in total. The molecule has 0 spiro atoms. The summed E-state index contributed by atoms with van der Waals surface area (Å²) in [5, 5.41) is 3.66. The Labute approximate surface area is 125 Å². The van der Waals surface area contributed by atoms with Gasteiger partial charge in [0.05, 0.1) is 17.4 Å². The van der Waals surface area contributed by atoms with Crippen molar-refractivity contribution < 1.29 is 0 Å². The first kappa shape index (κ1) is 12.3. The lowest BCUT2D eigenvalue weighted by Gasteiger charge is -2.31. The predicted octanol–water partition coefficient (Wildman–Crippen LogP) is 4.50. The van der Waals surface area contributed by atoms with Crippen LogP contribution in [0, 0.1) is 0 Å². The summed E-state index contributed by atoms with van der Waals surface area (Å²) < 4.78 is 0. The van der Waals surface area contributed by atoms with Gasteiger partial charge in [-0.3, -0.25) is 0 Å². The molecule has 2 aromatic rings. The maximum atomic E-state index is 3.66. The molecule has 0 saturated carbocycles. The molecule has 0 amide bonds. The standard InChI is InChI=1S/C19H18N2/c1-2-9-16(10-3-1)21-17-11-5-4-8-15(14-17)20-18-12-6-7-13-19(18)21/h1-13,15,17,20H,14H2. The molecular formula is C19H18N2. The zero-order valence-corrected chi connectivity index (χ0v) is 11.8. The van der Waals surface area contributed by atoms with Gasteiger partial charge in [-0.25, -0.2) is 0 Å². The van der Waals surface area contributed by atoms with Crippen molar-refractivity contribution in [1.82, 2.24) is 0 Å². The number of fused-ring (bicyclic) bond motifs is 3. The minimum absolute atomic E-state index is 0.364. The van der Waals surface area contributed by atoms with Gasteiger partial charge in [0.25, 0.3) is 0 Å². The van der Waals surface area contributed by atoms with E-state index in [4.69, 9.17) is 0 Å². The first-order chi connectivity index (χ1) is 10.4. The van der Waals surface area contributed by atoms with Crippen LogP contribution in [0.25, 0.3) is 0 Å². The molecule has 4 rings (SSSR count). The molecule has 104 valence electrons. The maximum absolute atomic E-state index is 3.66. The van der Waals surface area contributed by atoms with Gasteiger partial charge >= 0.3 is 0 Å². The first-order valence-electron chi connectivity index (χ1n) is 7.47. The zero-order valence-electron chi connectivity index (χ0n) is 11.8. The van der Waals surface area contributed by atoms with E-state index in [-0.39, 0.29) is 0 Å². The molecule has 1 aliphatic carbocycles. The van der Waals surface area contributed by atoms with Crippen LogP contribution in [0.4, 0.5) is 17.1 Å². The summed E-state index contributed by atoms with van der Waals surface area (Å²) in [6.45, 7) is 0. The van der Waals surface area contributed by atoms with Crippen LogP contribution in [-0.2, 0) is 0 Å². The number of anilines is 3. The third kappa shape index (κ3) is 2.23. The number of nitrogens with zero attached hydrogens (tertiary/aromatic N) is 1. The quantitative estimate of drug-likeness (QED) is 0.823. The highest BCUT2D eigenvalue weighted by Gasteiger charge is 2.27. The van der Waals surface area contributed by atoms with Crippen LogP contribution in [0.1, 0.15) is 6.42 Å². The highest BCUT2D eigenvalue weighted by Crippen LogP contribution is 2.39. The van der Waals surface area contributed by atoms with Gasteiger partial charge in [-0.1, -0.05) is 54.6 Å². The molecule has 2 heteroatoms. The summed E-state index contributed by atoms with van der Waals surface area (Å²) >= 11 is 0. The molecule has 0 radical (unpaired) electrons. The molecule has 2 aliphatic rings. The van der Waals surface area contributed by atoms with Gasteiger partial charge in [0.2, 0.25) is 0 Å². The van der Waals surface area contributed by atoms with E-state index >= 15 is 0 Å². The summed E-state index contributed by atoms with van der Waals surface area (Å²) in [6.07, 6.45) is 9.93. The van der Waals surface area contributed by atoms with Gasteiger partial charge < -0.3 is 10.2 Å². The molecule has 2 aromatic carbocycles. The summed E-state index contributed by atoms with van der Waals surface area (Å²) in [5.41, 5.74) is 3.69. The summed E-state index contributed by atoms with van der Waals surface area (Å²) in [4.78, 5) is 2.44. The lowest BCUT2D eigenvalue weighted by molar-refractivity contribution is 0.683. The Balaban J connectivity index is 1.89. The first-order valence-corrected chi connectivity index (χ1v) is 7.47. The second-order valence-electron chi connectivity index (χ2n) is 5.55. The normalized spacial score (nSPS) is 23.0. The van der Waals surface area contributed by atoms with Crippen LogP contribution in [0.2, 0.25) is 0 Å². The summed E-state index contributed by atoms with van der Waals surface area (Å²) in [6, 6.07) is 20.0. The minimum Gasteiger partial charge on any atom is -0.377 e. The van der Waals surface area contributed by atoms with E-state index in [1.54, 1.807) is 0 Å². The summed E-state index contributed by atoms with van der Waals surface area (Å²) in [5.74, 6) is 0. The molecule has 0 aromatic heterocycles. The number of hydrogen-bond donors (Lipinski definition) is 1. The van der Waals surface area contributed by atoms with Crippen LogP contribution in [-0.4, -0.2) is 12.1 Å². The van der Waals surface area contributed by atoms with E-state index in [2.05, 4.69) is 89.1 Å². The highest BCUT2D eigenvalue weighted by molar-refractivity contribution is 5.79. The van der Waals surface area contributed by atoms with Gasteiger partial charge in [0.1, 0.15) is 0 Å². The molecule has 0 saturated heterocycles. The SMILES string of the molecule is C1=CC2CC(C=C1)N(c1ccccc1)c1ccccc1N2. The number of benzene rings is 2. The second-order valence-corrected chi connectivity index (χ2v) is 5.55. The molecule has 0 fully saturated rings. The number of allylic oxidation sites excluding steroid dienone is 2.